The Morgan fingerprint density at radius 2 is 2.00 bits per heavy atom. The van der Waals surface area contributed by atoms with E-state index in [1.165, 1.54) is 10.1 Å². The van der Waals surface area contributed by atoms with E-state index in [1.807, 2.05) is 26.0 Å². The highest BCUT2D eigenvalue weighted by atomic mass is 32.1. The van der Waals surface area contributed by atoms with E-state index >= 15 is 0 Å². The van der Waals surface area contributed by atoms with Gasteiger partial charge in [0.25, 0.3) is 5.56 Å². The minimum Gasteiger partial charge on any atom is -0.268 e. The number of rotatable bonds is 1. The summed E-state index contributed by atoms with van der Waals surface area (Å²) in [4.78, 5) is 11.5. The summed E-state index contributed by atoms with van der Waals surface area (Å²) in [5.74, 6) is 0. The highest BCUT2D eigenvalue weighted by molar-refractivity contribution is 7.17. The van der Waals surface area contributed by atoms with Crippen molar-refractivity contribution < 1.29 is 0 Å². The van der Waals surface area contributed by atoms with Crippen LogP contribution in [0.15, 0.2) is 34.4 Å². The lowest BCUT2D eigenvalue weighted by molar-refractivity contribution is 0.960. The van der Waals surface area contributed by atoms with Crippen LogP contribution in [0.3, 0.4) is 0 Å². The van der Waals surface area contributed by atoms with E-state index in [1.54, 1.807) is 11.3 Å². The first kappa shape index (κ1) is 11.2. The minimum atomic E-state index is -0.116. The Balaban J connectivity index is 2.36. The maximum atomic E-state index is 11.5. The Hall–Kier alpha value is -1.94. The molecule has 2 heterocycles. The number of H-pyrrole nitrogens is 1. The van der Waals surface area contributed by atoms with E-state index in [2.05, 4.69) is 27.7 Å². The quantitative estimate of drug-likeness (QED) is 0.726. The molecule has 1 N–H and O–H groups in total. The van der Waals surface area contributed by atoms with Crippen LogP contribution < -0.4 is 5.56 Å². The second-order valence-corrected chi connectivity index (χ2v) is 5.21. The molecule has 3 rings (SSSR count). The summed E-state index contributed by atoms with van der Waals surface area (Å²) in [7, 11) is 0. The van der Waals surface area contributed by atoms with Gasteiger partial charge in [-0.3, -0.25) is 4.79 Å². The van der Waals surface area contributed by atoms with Crippen LogP contribution in [0.4, 0.5) is 0 Å². The number of thiophene rings is 1. The molecule has 0 spiro atoms. The maximum absolute atomic E-state index is 11.5. The van der Waals surface area contributed by atoms with Gasteiger partial charge >= 0.3 is 0 Å². The van der Waals surface area contributed by atoms with E-state index < -0.39 is 0 Å². The molecule has 3 nitrogen and oxygen atoms in total. The molecule has 0 saturated heterocycles. The van der Waals surface area contributed by atoms with Gasteiger partial charge in [-0.1, -0.05) is 18.2 Å². The molecule has 0 aliphatic carbocycles. The molecule has 0 fully saturated rings. The summed E-state index contributed by atoms with van der Waals surface area (Å²) >= 11 is 1.70. The lowest BCUT2D eigenvalue weighted by atomic mass is 10.0. The first-order valence-electron chi connectivity index (χ1n) is 5.71. The first-order chi connectivity index (χ1) is 8.68. The molecule has 18 heavy (non-hydrogen) atoms. The molecule has 3 aromatic rings. The van der Waals surface area contributed by atoms with Gasteiger partial charge in [0, 0.05) is 15.8 Å². The van der Waals surface area contributed by atoms with Gasteiger partial charge in [0.05, 0.1) is 5.69 Å². The zero-order valence-electron chi connectivity index (χ0n) is 10.2. The molecule has 0 atom stereocenters. The van der Waals surface area contributed by atoms with Crippen molar-refractivity contribution >= 4 is 21.4 Å². The van der Waals surface area contributed by atoms with E-state index in [9.17, 15) is 4.79 Å². The van der Waals surface area contributed by atoms with Gasteiger partial charge in [0.15, 0.2) is 0 Å². The van der Waals surface area contributed by atoms with Gasteiger partial charge < -0.3 is 0 Å². The fourth-order valence-electron chi connectivity index (χ4n) is 2.06. The van der Waals surface area contributed by atoms with Crippen LogP contribution in [0.25, 0.3) is 21.3 Å². The predicted molar refractivity (Wildman–Crippen MR) is 75.2 cm³/mol. The zero-order chi connectivity index (χ0) is 12.7. The normalized spacial score (nSPS) is 11.0. The Kier molecular flexibility index (Phi) is 2.52. The number of nitrogens with zero attached hydrogens (tertiary/aromatic N) is 1. The second kappa shape index (κ2) is 4.07. The first-order valence-corrected chi connectivity index (χ1v) is 6.59. The SMILES string of the molecule is Cc1c(-c2cccc3ccsc23)n[nH]c(=O)c1C. The van der Waals surface area contributed by atoms with Gasteiger partial charge in [-0.05, 0) is 36.2 Å². The average molecular weight is 256 g/mol. The molecule has 2 aromatic heterocycles. The fourth-order valence-corrected chi connectivity index (χ4v) is 2.98. The number of fused-ring (bicyclic) bond motifs is 1. The molecule has 0 amide bonds. The highest BCUT2D eigenvalue weighted by Gasteiger charge is 2.12. The molecule has 0 aliphatic heterocycles. The molecule has 0 aliphatic rings. The van der Waals surface area contributed by atoms with Crippen molar-refractivity contribution in [1.29, 1.82) is 0 Å². The Bertz CT molecular complexity index is 786. The molecule has 0 unspecified atom stereocenters. The molecule has 0 radical (unpaired) electrons. The van der Waals surface area contributed by atoms with Crippen molar-refractivity contribution in [3.63, 3.8) is 0 Å². The second-order valence-electron chi connectivity index (χ2n) is 4.30. The highest BCUT2D eigenvalue weighted by Crippen LogP contribution is 2.32. The lowest BCUT2D eigenvalue weighted by Gasteiger charge is -2.07. The molecular formula is C14H12N2OS. The fraction of sp³-hybridized carbons (Fsp3) is 0.143. The van der Waals surface area contributed by atoms with Crippen LogP contribution in [0.2, 0.25) is 0 Å². The minimum absolute atomic E-state index is 0.116. The van der Waals surface area contributed by atoms with Crippen molar-refractivity contribution in [1.82, 2.24) is 10.2 Å². The van der Waals surface area contributed by atoms with Crippen LogP contribution >= 0.6 is 11.3 Å². The average Bonchev–Trinajstić information content (AvgIpc) is 2.84. The number of benzene rings is 1. The van der Waals surface area contributed by atoms with E-state index in [-0.39, 0.29) is 5.56 Å². The number of hydrogen-bond acceptors (Lipinski definition) is 3. The number of hydrogen-bond donors (Lipinski definition) is 1. The summed E-state index contributed by atoms with van der Waals surface area (Å²) in [6, 6.07) is 8.25. The standard InChI is InChI=1S/C14H12N2OS/c1-8-9(2)14(17)16-15-12(8)11-5-3-4-10-6-7-18-13(10)11/h3-7H,1-2H3,(H,16,17). The molecular weight excluding hydrogens is 244 g/mol. The molecule has 4 heteroatoms. The molecule has 0 saturated carbocycles. The monoisotopic (exact) mass is 256 g/mol. The third-order valence-corrected chi connectivity index (χ3v) is 4.23. The molecule has 0 bridgehead atoms. The van der Waals surface area contributed by atoms with Crippen LogP contribution in [0, 0.1) is 13.8 Å². The van der Waals surface area contributed by atoms with Crippen molar-refractivity contribution in [3.8, 4) is 11.3 Å². The van der Waals surface area contributed by atoms with Gasteiger partial charge in [0.1, 0.15) is 0 Å². The Morgan fingerprint density at radius 3 is 2.83 bits per heavy atom. The van der Waals surface area contributed by atoms with Crippen molar-refractivity contribution in [2.75, 3.05) is 0 Å². The van der Waals surface area contributed by atoms with Gasteiger partial charge in [-0.2, -0.15) is 5.10 Å². The maximum Gasteiger partial charge on any atom is 0.267 e. The summed E-state index contributed by atoms with van der Waals surface area (Å²) in [6.45, 7) is 3.77. The zero-order valence-corrected chi connectivity index (χ0v) is 11.0. The molecule has 1 aromatic carbocycles. The van der Waals surface area contributed by atoms with Gasteiger partial charge in [-0.25, -0.2) is 5.10 Å². The summed E-state index contributed by atoms with van der Waals surface area (Å²) in [5.41, 5.74) is 3.50. The van der Waals surface area contributed by atoms with Crippen molar-refractivity contribution in [2.24, 2.45) is 0 Å². The van der Waals surface area contributed by atoms with E-state index in [0.717, 1.165) is 22.4 Å². The topological polar surface area (TPSA) is 45.8 Å². The third kappa shape index (κ3) is 1.57. The van der Waals surface area contributed by atoms with Gasteiger partial charge in [0.2, 0.25) is 0 Å². The molecule has 90 valence electrons. The lowest BCUT2D eigenvalue weighted by Crippen LogP contribution is -2.14. The van der Waals surface area contributed by atoms with Crippen LogP contribution in [-0.4, -0.2) is 10.2 Å². The van der Waals surface area contributed by atoms with Crippen LogP contribution in [0.5, 0.6) is 0 Å². The largest absolute Gasteiger partial charge is 0.268 e. The summed E-state index contributed by atoms with van der Waals surface area (Å²) in [6.07, 6.45) is 0. The van der Waals surface area contributed by atoms with Crippen molar-refractivity contribution in [2.45, 2.75) is 13.8 Å². The van der Waals surface area contributed by atoms with Gasteiger partial charge in [-0.15, -0.1) is 11.3 Å². The summed E-state index contributed by atoms with van der Waals surface area (Å²) < 4.78 is 1.21. The smallest absolute Gasteiger partial charge is 0.267 e. The van der Waals surface area contributed by atoms with E-state index in [4.69, 9.17) is 0 Å². The number of aromatic nitrogens is 2. The predicted octanol–water partition coefficient (Wildman–Crippen LogP) is 3.27. The summed E-state index contributed by atoms with van der Waals surface area (Å²) in [5, 5.41) is 10.1. The van der Waals surface area contributed by atoms with E-state index in [0.29, 0.717) is 0 Å². The Morgan fingerprint density at radius 1 is 1.17 bits per heavy atom. The number of aromatic amines is 1. The number of nitrogens with one attached hydrogen (secondary N) is 1. The van der Waals surface area contributed by atoms with Crippen LogP contribution in [0.1, 0.15) is 11.1 Å². The Labute approximate surface area is 108 Å². The third-order valence-electron chi connectivity index (χ3n) is 3.26. The van der Waals surface area contributed by atoms with Crippen molar-refractivity contribution in [3.05, 3.63) is 51.1 Å². The van der Waals surface area contributed by atoms with Crippen LogP contribution in [-0.2, 0) is 0 Å².